The Kier molecular flexibility index (Phi) is 3.43. The predicted molar refractivity (Wildman–Crippen MR) is 58.1 cm³/mol. The summed E-state index contributed by atoms with van der Waals surface area (Å²) in [4.78, 5) is 0.882. The second kappa shape index (κ2) is 4.38. The minimum atomic E-state index is -0.918. The van der Waals surface area contributed by atoms with Gasteiger partial charge in [0.25, 0.3) is 0 Å². The van der Waals surface area contributed by atoms with Gasteiger partial charge in [0.2, 0.25) is 0 Å². The molecule has 0 aromatic heterocycles. The van der Waals surface area contributed by atoms with E-state index in [1.807, 2.05) is 38.1 Å². The molecule has 0 aliphatic rings. The van der Waals surface area contributed by atoms with E-state index in [9.17, 15) is 4.21 Å². The highest BCUT2D eigenvalue weighted by atomic mass is 32.2. The van der Waals surface area contributed by atoms with Crippen LogP contribution in [0.15, 0.2) is 35.7 Å². The maximum Gasteiger partial charge on any atom is 0.0561 e. The third kappa shape index (κ3) is 2.28. The normalized spacial score (nSPS) is 12.8. The molecule has 0 fully saturated rings. The zero-order valence-corrected chi connectivity index (χ0v) is 8.80. The molecule has 13 heavy (non-hydrogen) atoms. The van der Waals surface area contributed by atoms with E-state index < -0.39 is 10.8 Å². The van der Waals surface area contributed by atoms with Gasteiger partial charge in [-0.05, 0) is 11.6 Å². The quantitative estimate of drug-likeness (QED) is 0.723. The summed E-state index contributed by atoms with van der Waals surface area (Å²) in [6, 6.07) is 7.66. The van der Waals surface area contributed by atoms with Crippen molar-refractivity contribution in [3.63, 3.8) is 0 Å². The standard InChI is InChI=1S/C11H14OS/c1-4-10-7-5-6-8-11(10)13(12)9(2)3/h4-9H,1H2,2-3H3. The van der Waals surface area contributed by atoms with Crippen LogP contribution in [0, 0.1) is 0 Å². The van der Waals surface area contributed by atoms with Crippen molar-refractivity contribution in [2.75, 3.05) is 0 Å². The summed E-state index contributed by atoms with van der Waals surface area (Å²) in [7, 11) is -0.918. The fraction of sp³-hybridized carbons (Fsp3) is 0.273. The van der Waals surface area contributed by atoms with Crippen LogP contribution in [0.25, 0.3) is 6.08 Å². The second-order valence-corrected chi connectivity index (χ2v) is 5.07. The first-order valence-corrected chi connectivity index (χ1v) is 5.50. The summed E-state index contributed by atoms with van der Waals surface area (Å²) in [5.41, 5.74) is 0.967. The summed E-state index contributed by atoms with van der Waals surface area (Å²) in [6.45, 7) is 7.61. The van der Waals surface area contributed by atoms with Crippen molar-refractivity contribution in [1.82, 2.24) is 0 Å². The SMILES string of the molecule is C=Cc1ccccc1S(=O)C(C)C. The first kappa shape index (κ1) is 10.2. The van der Waals surface area contributed by atoms with Crippen molar-refractivity contribution >= 4 is 16.9 Å². The average molecular weight is 194 g/mol. The fourth-order valence-corrected chi connectivity index (χ4v) is 2.19. The largest absolute Gasteiger partial charge is 0.254 e. The van der Waals surface area contributed by atoms with Crippen LogP contribution in [0.3, 0.4) is 0 Å². The van der Waals surface area contributed by atoms with Gasteiger partial charge < -0.3 is 0 Å². The predicted octanol–water partition coefficient (Wildman–Crippen LogP) is 2.85. The number of benzene rings is 1. The van der Waals surface area contributed by atoms with E-state index in [1.54, 1.807) is 6.08 Å². The van der Waals surface area contributed by atoms with E-state index >= 15 is 0 Å². The summed E-state index contributed by atoms with van der Waals surface area (Å²) in [5, 5.41) is 0.154. The molecule has 0 bridgehead atoms. The van der Waals surface area contributed by atoms with E-state index in [1.165, 1.54) is 0 Å². The summed E-state index contributed by atoms with van der Waals surface area (Å²) < 4.78 is 11.8. The van der Waals surface area contributed by atoms with Gasteiger partial charge in [-0.1, -0.05) is 44.7 Å². The average Bonchev–Trinajstić information content (AvgIpc) is 2.16. The van der Waals surface area contributed by atoms with Gasteiger partial charge in [-0.15, -0.1) is 0 Å². The molecule has 1 aromatic rings. The van der Waals surface area contributed by atoms with Gasteiger partial charge in [0.1, 0.15) is 0 Å². The van der Waals surface area contributed by atoms with E-state index in [4.69, 9.17) is 0 Å². The molecular weight excluding hydrogens is 180 g/mol. The molecule has 0 N–H and O–H groups in total. The summed E-state index contributed by atoms with van der Waals surface area (Å²) >= 11 is 0. The van der Waals surface area contributed by atoms with Crippen LogP contribution in [0.4, 0.5) is 0 Å². The Morgan fingerprint density at radius 1 is 1.38 bits per heavy atom. The lowest BCUT2D eigenvalue weighted by molar-refractivity contribution is 0.676. The molecule has 1 nitrogen and oxygen atoms in total. The Labute approximate surface area is 81.9 Å². The molecule has 70 valence electrons. The molecule has 0 radical (unpaired) electrons. The zero-order valence-electron chi connectivity index (χ0n) is 7.99. The van der Waals surface area contributed by atoms with E-state index in [2.05, 4.69) is 6.58 Å². The van der Waals surface area contributed by atoms with Crippen molar-refractivity contribution in [1.29, 1.82) is 0 Å². The smallest absolute Gasteiger partial charge is 0.0561 e. The Bertz CT molecular complexity index is 329. The lowest BCUT2D eigenvalue weighted by atomic mass is 10.2. The third-order valence-corrected chi connectivity index (χ3v) is 3.45. The Balaban J connectivity index is 3.13. The molecule has 0 saturated heterocycles. The van der Waals surface area contributed by atoms with Crippen LogP contribution in [-0.2, 0) is 10.8 Å². The molecule has 0 amide bonds. The molecule has 1 rings (SSSR count). The highest BCUT2D eigenvalue weighted by Gasteiger charge is 2.10. The minimum Gasteiger partial charge on any atom is -0.254 e. The highest BCUT2D eigenvalue weighted by molar-refractivity contribution is 7.85. The lowest BCUT2D eigenvalue weighted by Crippen LogP contribution is -2.06. The number of rotatable bonds is 3. The molecule has 1 atom stereocenters. The molecule has 0 heterocycles. The van der Waals surface area contributed by atoms with Gasteiger partial charge >= 0.3 is 0 Å². The van der Waals surface area contributed by atoms with Crippen molar-refractivity contribution in [3.05, 3.63) is 36.4 Å². The van der Waals surface area contributed by atoms with Crippen LogP contribution in [0.5, 0.6) is 0 Å². The molecule has 0 saturated carbocycles. The van der Waals surface area contributed by atoms with Crippen LogP contribution < -0.4 is 0 Å². The van der Waals surface area contributed by atoms with E-state index in [0.29, 0.717) is 0 Å². The van der Waals surface area contributed by atoms with Gasteiger partial charge in [0.05, 0.1) is 10.8 Å². The molecule has 1 aromatic carbocycles. The maximum atomic E-state index is 11.8. The molecular formula is C11H14OS. The van der Waals surface area contributed by atoms with E-state index in [-0.39, 0.29) is 5.25 Å². The highest BCUT2D eigenvalue weighted by Crippen LogP contribution is 2.17. The first-order chi connectivity index (χ1) is 6.16. The van der Waals surface area contributed by atoms with Gasteiger partial charge in [0, 0.05) is 10.1 Å². The Morgan fingerprint density at radius 3 is 2.54 bits per heavy atom. The second-order valence-electron chi connectivity index (χ2n) is 3.09. The topological polar surface area (TPSA) is 17.1 Å². The zero-order chi connectivity index (χ0) is 9.84. The molecule has 0 aliphatic carbocycles. The van der Waals surface area contributed by atoms with Gasteiger partial charge in [-0.2, -0.15) is 0 Å². The van der Waals surface area contributed by atoms with Crippen molar-refractivity contribution in [2.24, 2.45) is 0 Å². The maximum absolute atomic E-state index is 11.8. The lowest BCUT2D eigenvalue weighted by Gasteiger charge is -2.08. The van der Waals surface area contributed by atoms with Crippen LogP contribution in [0.2, 0.25) is 0 Å². The Hall–Kier alpha value is -0.890. The number of hydrogen-bond acceptors (Lipinski definition) is 1. The summed E-state index contributed by atoms with van der Waals surface area (Å²) in [6.07, 6.45) is 1.75. The third-order valence-electron chi connectivity index (χ3n) is 1.78. The van der Waals surface area contributed by atoms with Gasteiger partial charge in [-0.3, -0.25) is 4.21 Å². The first-order valence-electron chi connectivity index (χ1n) is 4.29. The van der Waals surface area contributed by atoms with Crippen LogP contribution >= 0.6 is 0 Å². The van der Waals surface area contributed by atoms with Crippen LogP contribution in [0.1, 0.15) is 19.4 Å². The van der Waals surface area contributed by atoms with Crippen molar-refractivity contribution in [3.8, 4) is 0 Å². The fourth-order valence-electron chi connectivity index (χ4n) is 1.09. The Morgan fingerprint density at radius 2 is 2.00 bits per heavy atom. The monoisotopic (exact) mass is 194 g/mol. The van der Waals surface area contributed by atoms with Crippen molar-refractivity contribution in [2.45, 2.75) is 24.0 Å². The number of hydrogen-bond donors (Lipinski definition) is 0. The molecule has 2 heteroatoms. The minimum absolute atomic E-state index is 0.154. The van der Waals surface area contributed by atoms with E-state index in [0.717, 1.165) is 10.5 Å². The molecule has 1 unspecified atom stereocenters. The molecule has 0 spiro atoms. The molecule has 0 aliphatic heterocycles. The summed E-state index contributed by atoms with van der Waals surface area (Å²) in [5.74, 6) is 0. The van der Waals surface area contributed by atoms with Crippen molar-refractivity contribution < 1.29 is 4.21 Å². The van der Waals surface area contributed by atoms with Gasteiger partial charge in [0.15, 0.2) is 0 Å². The van der Waals surface area contributed by atoms with Gasteiger partial charge in [-0.25, -0.2) is 0 Å². The van der Waals surface area contributed by atoms with Crippen LogP contribution in [-0.4, -0.2) is 9.46 Å².